The molecule has 0 aliphatic heterocycles. The Morgan fingerprint density at radius 3 is 2.33 bits per heavy atom. The van der Waals surface area contributed by atoms with E-state index in [9.17, 15) is 0 Å². The average molecular weight is 348 g/mol. The highest BCUT2D eigenvalue weighted by Crippen LogP contribution is 2.29. The van der Waals surface area contributed by atoms with Crippen LogP contribution in [0.3, 0.4) is 0 Å². The van der Waals surface area contributed by atoms with Gasteiger partial charge in [-0.2, -0.15) is 0 Å². The van der Waals surface area contributed by atoms with E-state index in [1.165, 1.54) is 26.7 Å². The molecule has 21 heavy (non-hydrogen) atoms. The first-order valence-electron chi connectivity index (χ1n) is 7.12. The lowest BCUT2D eigenvalue weighted by Gasteiger charge is -2.20. The van der Waals surface area contributed by atoms with Gasteiger partial charge in [-0.25, -0.2) is 0 Å². The Hall–Kier alpha value is -1.32. The van der Waals surface area contributed by atoms with Gasteiger partial charge < -0.3 is 10.1 Å². The van der Waals surface area contributed by atoms with Gasteiger partial charge in [-0.1, -0.05) is 46.3 Å². The van der Waals surface area contributed by atoms with E-state index in [-0.39, 0.29) is 6.04 Å². The molecule has 1 atom stereocenters. The second-order valence-electron chi connectivity index (χ2n) is 5.33. The van der Waals surface area contributed by atoms with Crippen LogP contribution in [0, 0.1) is 13.8 Å². The summed E-state index contributed by atoms with van der Waals surface area (Å²) in [5.41, 5.74) is 5.06. The smallest absolute Gasteiger partial charge is 0.122 e. The Morgan fingerprint density at radius 2 is 1.76 bits per heavy atom. The molecule has 0 aliphatic carbocycles. The first kappa shape index (κ1) is 16.1. The number of benzene rings is 2. The van der Waals surface area contributed by atoms with Gasteiger partial charge in [0.05, 0.1) is 7.11 Å². The minimum Gasteiger partial charge on any atom is -0.496 e. The van der Waals surface area contributed by atoms with Crippen LogP contribution in [0.5, 0.6) is 5.75 Å². The number of likely N-dealkylation sites (N-methyl/N-ethyl adjacent to an activating group) is 1. The van der Waals surface area contributed by atoms with Crippen LogP contribution in [0.1, 0.15) is 28.3 Å². The van der Waals surface area contributed by atoms with E-state index in [1.807, 2.05) is 19.2 Å². The van der Waals surface area contributed by atoms with Crippen LogP contribution in [0.2, 0.25) is 0 Å². The standard InChI is InChI=1S/C18H22BrNO/c1-12-9-15(10-13(2)18(12)19)16(20-3)11-14-7-5-6-8-17(14)21-4/h5-10,16,20H,11H2,1-4H3. The van der Waals surface area contributed by atoms with Gasteiger partial charge in [0.15, 0.2) is 0 Å². The van der Waals surface area contributed by atoms with Crippen LogP contribution in [-0.2, 0) is 6.42 Å². The predicted octanol–water partition coefficient (Wildman–Crippen LogP) is 4.58. The third-order valence-corrected chi connectivity index (χ3v) is 5.08. The fourth-order valence-corrected chi connectivity index (χ4v) is 2.89. The van der Waals surface area contributed by atoms with Crippen molar-refractivity contribution in [3.63, 3.8) is 0 Å². The minimum absolute atomic E-state index is 0.270. The third kappa shape index (κ3) is 3.66. The van der Waals surface area contributed by atoms with E-state index >= 15 is 0 Å². The maximum Gasteiger partial charge on any atom is 0.122 e. The normalized spacial score (nSPS) is 12.2. The zero-order valence-electron chi connectivity index (χ0n) is 13.0. The second kappa shape index (κ2) is 7.10. The summed E-state index contributed by atoms with van der Waals surface area (Å²) in [6, 6.07) is 13.0. The number of rotatable bonds is 5. The van der Waals surface area contributed by atoms with E-state index in [1.54, 1.807) is 7.11 Å². The fraction of sp³-hybridized carbons (Fsp3) is 0.333. The monoisotopic (exact) mass is 347 g/mol. The van der Waals surface area contributed by atoms with E-state index < -0.39 is 0 Å². The molecular weight excluding hydrogens is 326 g/mol. The SMILES string of the molecule is CNC(Cc1ccccc1OC)c1cc(C)c(Br)c(C)c1. The molecule has 0 radical (unpaired) electrons. The number of para-hydroxylation sites is 1. The minimum atomic E-state index is 0.270. The Labute approximate surface area is 135 Å². The van der Waals surface area contributed by atoms with Crippen LogP contribution >= 0.6 is 15.9 Å². The third-order valence-electron chi connectivity index (χ3n) is 3.83. The molecule has 0 heterocycles. The van der Waals surface area contributed by atoms with Crippen LogP contribution < -0.4 is 10.1 Å². The summed E-state index contributed by atoms with van der Waals surface area (Å²) in [4.78, 5) is 0. The molecule has 0 bridgehead atoms. The van der Waals surface area contributed by atoms with E-state index in [4.69, 9.17) is 4.74 Å². The van der Waals surface area contributed by atoms with Crippen molar-refractivity contribution in [3.8, 4) is 5.75 Å². The van der Waals surface area contributed by atoms with Crippen molar-refractivity contribution < 1.29 is 4.74 Å². The van der Waals surface area contributed by atoms with E-state index in [2.05, 4.69) is 59.4 Å². The summed E-state index contributed by atoms with van der Waals surface area (Å²) in [5, 5.41) is 3.42. The molecule has 0 saturated carbocycles. The van der Waals surface area contributed by atoms with Crippen molar-refractivity contribution >= 4 is 15.9 Å². The largest absolute Gasteiger partial charge is 0.496 e. The van der Waals surface area contributed by atoms with Gasteiger partial charge in [-0.15, -0.1) is 0 Å². The zero-order chi connectivity index (χ0) is 15.4. The van der Waals surface area contributed by atoms with E-state index in [0.717, 1.165) is 12.2 Å². The summed E-state index contributed by atoms with van der Waals surface area (Å²) in [6.45, 7) is 4.27. The van der Waals surface area contributed by atoms with Crippen LogP contribution in [0.4, 0.5) is 0 Å². The number of nitrogens with one attached hydrogen (secondary N) is 1. The van der Waals surface area contributed by atoms with Gasteiger partial charge >= 0.3 is 0 Å². The summed E-state index contributed by atoms with van der Waals surface area (Å²) >= 11 is 3.63. The van der Waals surface area contributed by atoms with Crippen molar-refractivity contribution in [1.82, 2.24) is 5.32 Å². The van der Waals surface area contributed by atoms with Gasteiger partial charge in [0, 0.05) is 10.5 Å². The van der Waals surface area contributed by atoms with Gasteiger partial charge in [0.1, 0.15) is 5.75 Å². The highest BCUT2D eigenvalue weighted by atomic mass is 79.9. The first-order valence-corrected chi connectivity index (χ1v) is 7.92. The molecule has 1 N–H and O–H groups in total. The first-order chi connectivity index (χ1) is 10.1. The molecule has 0 spiro atoms. The molecular formula is C18H22BrNO. The van der Waals surface area contributed by atoms with Crippen LogP contribution in [0.25, 0.3) is 0 Å². The molecule has 0 amide bonds. The quantitative estimate of drug-likeness (QED) is 0.854. The maximum absolute atomic E-state index is 5.46. The van der Waals surface area contributed by atoms with Gasteiger partial charge in [-0.05, 0) is 55.6 Å². The molecule has 2 aromatic rings. The van der Waals surface area contributed by atoms with Gasteiger partial charge in [0.25, 0.3) is 0 Å². The summed E-state index contributed by atoms with van der Waals surface area (Å²) in [6.07, 6.45) is 0.904. The molecule has 2 rings (SSSR count). The summed E-state index contributed by atoms with van der Waals surface area (Å²) in [7, 11) is 3.73. The molecule has 3 heteroatoms. The van der Waals surface area contributed by atoms with Crippen LogP contribution in [-0.4, -0.2) is 14.2 Å². The molecule has 0 fully saturated rings. The topological polar surface area (TPSA) is 21.3 Å². The molecule has 0 aliphatic rings. The van der Waals surface area contributed by atoms with Gasteiger partial charge in [0.2, 0.25) is 0 Å². The highest BCUT2D eigenvalue weighted by molar-refractivity contribution is 9.10. The lowest BCUT2D eigenvalue weighted by molar-refractivity contribution is 0.406. The van der Waals surface area contributed by atoms with Crippen molar-refractivity contribution in [1.29, 1.82) is 0 Å². The predicted molar refractivity (Wildman–Crippen MR) is 92.1 cm³/mol. The number of halogens is 1. The van der Waals surface area contributed by atoms with Gasteiger partial charge in [-0.3, -0.25) is 0 Å². The van der Waals surface area contributed by atoms with E-state index in [0.29, 0.717) is 0 Å². The Kier molecular flexibility index (Phi) is 5.43. The lowest BCUT2D eigenvalue weighted by atomic mass is 9.95. The fourth-order valence-electron chi connectivity index (χ4n) is 2.66. The molecule has 1 unspecified atom stereocenters. The average Bonchev–Trinajstić information content (AvgIpc) is 2.50. The maximum atomic E-state index is 5.46. The lowest BCUT2D eigenvalue weighted by Crippen LogP contribution is -2.19. The zero-order valence-corrected chi connectivity index (χ0v) is 14.6. The number of hydrogen-bond donors (Lipinski definition) is 1. The molecule has 0 saturated heterocycles. The molecule has 112 valence electrons. The van der Waals surface area contributed by atoms with Crippen molar-refractivity contribution in [3.05, 3.63) is 63.1 Å². The number of hydrogen-bond acceptors (Lipinski definition) is 2. The summed E-state index contributed by atoms with van der Waals surface area (Å²) in [5.74, 6) is 0.948. The Morgan fingerprint density at radius 1 is 1.14 bits per heavy atom. The highest BCUT2D eigenvalue weighted by Gasteiger charge is 2.14. The Bertz CT molecular complexity index is 601. The number of methoxy groups -OCH3 is 1. The number of aryl methyl sites for hydroxylation is 2. The second-order valence-corrected chi connectivity index (χ2v) is 6.12. The van der Waals surface area contributed by atoms with Crippen molar-refractivity contribution in [2.45, 2.75) is 26.3 Å². The number of ether oxygens (including phenoxy) is 1. The molecule has 2 nitrogen and oxygen atoms in total. The Balaban J connectivity index is 2.32. The van der Waals surface area contributed by atoms with Crippen LogP contribution in [0.15, 0.2) is 40.9 Å². The van der Waals surface area contributed by atoms with Crippen molar-refractivity contribution in [2.24, 2.45) is 0 Å². The van der Waals surface area contributed by atoms with Crippen molar-refractivity contribution in [2.75, 3.05) is 14.2 Å². The summed E-state index contributed by atoms with van der Waals surface area (Å²) < 4.78 is 6.65. The molecule has 2 aromatic carbocycles. The molecule has 0 aromatic heterocycles.